The van der Waals surface area contributed by atoms with Crippen LogP contribution >= 0.6 is 11.6 Å². The summed E-state index contributed by atoms with van der Waals surface area (Å²) in [5.74, 6) is 0.146. The summed E-state index contributed by atoms with van der Waals surface area (Å²) in [4.78, 5) is 11.8. The molecule has 3 aromatic rings. The van der Waals surface area contributed by atoms with Gasteiger partial charge in [-0.05, 0) is 42.2 Å². The van der Waals surface area contributed by atoms with E-state index in [9.17, 15) is 9.90 Å². The maximum Gasteiger partial charge on any atom is 0.336 e. The summed E-state index contributed by atoms with van der Waals surface area (Å²) in [6, 6.07) is 12.6. The van der Waals surface area contributed by atoms with Crippen LogP contribution in [0.4, 0.5) is 0 Å². The van der Waals surface area contributed by atoms with Crippen molar-refractivity contribution in [3.63, 3.8) is 0 Å². The van der Waals surface area contributed by atoms with Gasteiger partial charge in [0.1, 0.15) is 11.3 Å². The van der Waals surface area contributed by atoms with Gasteiger partial charge < -0.3 is 14.8 Å². The van der Waals surface area contributed by atoms with Crippen molar-refractivity contribution in [2.45, 2.75) is 32.9 Å². The fraction of sp³-hybridized carbons (Fsp3) is 0.250. The summed E-state index contributed by atoms with van der Waals surface area (Å²) in [7, 11) is 0. The second-order valence-corrected chi connectivity index (χ2v) is 6.45. The van der Waals surface area contributed by atoms with Gasteiger partial charge in [-0.1, -0.05) is 36.7 Å². The molecule has 3 rings (SSSR count). The number of fused-ring (bicyclic) bond motifs is 1. The van der Waals surface area contributed by atoms with Gasteiger partial charge in [0.2, 0.25) is 0 Å². The van der Waals surface area contributed by atoms with Crippen LogP contribution in [0.25, 0.3) is 11.0 Å². The molecule has 25 heavy (non-hydrogen) atoms. The maximum atomic E-state index is 11.8. The van der Waals surface area contributed by atoms with E-state index < -0.39 is 5.63 Å². The lowest BCUT2D eigenvalue weighted by Gasteiger charge is -2.16. The van der Waals surface area contributed by atoms with E-state index in [0.29, 0.717) is 23.6 Å². The quantitative estimate of drug-likeness (QED) is 0.657. The Morgan fingerprint density at radius 1 is 1.20 bits per heavy atom. The number of benzene rings is 2. The minimum absolute atomic E-state index is 0.0266. The van der Waals surface area contributed by atoms with Crippen molar-refractivity contribution >= 4 is 22.6 Å². The Hall–Kier alpha value is -2.30. The molecule has 1 aromatic heterocycles. The van der Waals surface area contributed by atoms with Crippen LogP contribution in [0.3, 0.4) is 0 Å². The molecule has 0 saturated heterocycles. The predicted molar refractivity (Wildman–Crippen MR) is 100 cm³/mol. The lowest BCUT2D eigenvalue weighted by Crippen LogP contribution is -2.19. The molecule has 0 unspecified atom stereocenters. The zero-order valence-electron chi connectivity index (χ0n) is 14.2. The molecule has 0 aliphatic carbocycles. The minimum atomic E-state index is -0.432. The fourth-order valence-corrected chi connectivity index (χ4v) is 3.24. The topological polar surface area (TPSA) is 62.5 Å². The zero-order chi connectivity index (χ0) is 18.0. The molecule has 0 amide bonds. The smallest absolute Gasteiger partial charge is 0.336 e. The normalized spacial score (nSPS) is 12.4. The highest BCUT2D eigenvalue weighted by Crippen LogP contribution is 2.28. The predicted octanol–water partition coefficient (Wildman–Crippen LogP) is 4.57. The Balaban J connectivity index is 1.93. The van der Waals surface area contributed by atoms with Gasteiger partial charge in [-0.15, -0.1) is 0 Å². The summed E-state index contributed by atoms with van der Waals surface area (Å²) in [6.45, 7) is 4.48. The Morgan fingerprint density at radius 3 is 2.68 bits per heavy atom. The molecule has 0 spiro atoms. The Labute approximate surface area is 151 Å². The van der Waals surface area contributed by atoms with E-state index in [4.69, 9.17) is 16.0 Å². The molecule has 0 radical (unpaired) electrons. The molecule has 0 saturated carbocycles. The summed E-state index contributed by atoms with van der Waals surface area (Å²) in [5.41, 5.74) is 2.62. The second kappa shape index (κ2) is 7.30. The van der Waals surface area contributed by atoms with Crippen molar-refractivity contribution in [3.05, 3.63) is 74.6 Å². The number of phenolic OH excluding ortho intramolecular Hbond substituents is 1. The summed E-state index contributed by atoms with van der Waals surface area (Å²) < 4.78 is 5.23. The van der Waals surface area contributed by atoms with Crippen LogP contribution in [0.1, 0.15) is 36.6 Å². The number of aromatic hydroxyl groups is 1. The largest absolute Gasteiger partial charge is 0.508 e. The van der Waals surface area contributed by atoms with Crippen LogP contribution in [0.5, 0.6) is 5.75 Å². The van der Waals surface area contributed by atoms with Gasteiger partial charge in [0.25, 0.3) is 0 Å². The third-order valence-electron chi connectivity index (χ3n) is 4.38. The highest BCUT2D eigenvalue weighted by atomic mass is 35.5. The molecule has 0 aliphatic rings. The van der Waals surface area contributed by atoms with Crippen molar-refractivity contribution in [2.75, 3.05) is 0 Å². The van der Waals surface area contributed by atoms with Crippen LogP contribution in [0.15, 0.2) is 51.7 Å². The summed E-state index contributed by atoms with van der Waals surface area (Å²) >= 11 is 6.25. The van der Waals surface area contributed by atoms with E-state index in [1.807, 2.05) is 44.2 Å². The first-order valence-corrected chi connectivity index (χ1v) is 8.63. The van der Waals surface area contributed by atoms with Gasteiger partial charge in [0.15, 0.2) is 0 Å². The van der Waals surface area contributed by atoms with Crippen LogP contribution in [0.2, 0.25) is 5.02 Å². The van der Waals surface area contributed by atoms with Gasteiger partial charge in [0, 0.05) is 35.1 Å². The number of phenols is 1. The average Bonchev–Trinajstić information content (AvgIpc) is 2.59. The van der Waals surface area contributed by atoms with E-state index in [-0.39, 0.29) is 11.8 Å². The molecule has 1 atom stereocenters. The number of aryl methyl sites for hydroxylation is 1. The van der Waals surface area contributed by atoms with Gasteiger partial charge in [0.05, 0.1) is 0 Å². The first-order chi connectivity index (χ1) is 12.0. The molecule has 0 fully saturated rings. The second-order valence-electron chi connectivity index (χ2n) is 6.05. The van der Waals surface area contributed by atoms with Crippen LogP contribution in [-0.4, -0.2) is 5.11 Å². The molecule has 4 nitrogen and oxygen atoms in total. The third-order valence-corrected chi connectivity index (χ3v) is 4.72. The molecular weight excluding hydrogens is 338 g/mol. The van der Waals surface area contributed by atoms with Gasteiger partial charge in [-0.3, -0.25) is 0 Å². The van der Waals surface area contributed by atoms with E-state index in [0.717, 1.165) is 22.1 Å². The maximum absolute atomic E-state index is 11.8. The number of rotatable bonds is 5. The van der Waals surface area contributed by atoms with Crippen molar-refractivity contribution in [3.8, 4) is 5.75 Å². The zero-order valence-corrected chi connectivity index (χ0v) is 14.9. The van der Waals surface area contributed by atoms with Crippen molar-refractivity contribution in [1.29, 1.82) is 0 Å². The standard InChI is InChI=1S/C20H20ClNO3/c1-3-13-8-16-14(9-20(24)25-19(16)10-18(13)23)11-22-12(2)15-6-4-5-7-17(15)21/h4-10,12,22-23H,3,11H2,1-2H3/t12-/m0/s1. The highest BCUT2D eigenvalue weighted by molar-refractivity contribution is 6.31. The Morgan fingerprint density at radius 2 is 1.96 bits per heavy atom. The summed E-state index contributed by atoms with van der Waals surface area (Å²) in [6.07, 6.45) is 0.698. The van der Waals surface area contributed by atoms with E-state index in [2.05, 4.69) is 5.32 Å². The molecule has 2 N–H and O–H groups in total. The average molecular weight is 358 g/mol. The van der Waals surface area contributed by atoms with Gasteiger partial charge >= 0.3 is 5.63 Å². The van der Waals surface area contributed by atoms with Gasteiger partial charge in [-0.2, -0.15) is 0 Å². The molecule has 5 heteroatoms. The molecule has 2 aromatic carbocycles. The van der Waals surface area contributed by atoms with Crippen molar-refractivity contribution < 1.29 is 9.52 Å². The molecule has 1 heterocycles. The number of halogens is 1. The lowest BCUT2D eigenvalue weighted by molar-refractivity contribution is 0.466. The monoisotopic (exact) mass is 357 g/mol. The molecule has 130 valence electrons. The lowest BCUT2D eigenvalue weighted by atomic mass is 10.0. The SMILES string of the molecule is CCc1cc2c(CN[C@@H](C)c3ccccc3Cl)cc(=O)oc2cc1O. The van der Waals surface area contributed by atoms with Crippen LogP contribution in [0, 0.1) is 0 Å². The first kappa shape index (κ1) is 17.5. The van der Waals surface area contributed by atoms with E-state index in [1.54, 1.807) is 0 Å². The Bertz CT molecular complexity index is 965. The minimum Gasteiger partial charge on any atom is -0.508 e. The van der Waals surface area contributed by atoms with Crippen molar-refractivity contribution in [1.82, 2.24) is 5.32 Å². The number of hydrogen-bond donors (Lipinski definition) is 2. The van der Waals surface area contributed by atoms with Crippen LogP contribution in [-0.2, 0) is 13.0 Å². The van der Waals surface area contributed by atoms with Gasteiger partial charge in [-0.25, -0.2) is 4.79 Å². The fourth-order valence-electron chi connectivity index (χ4n) is 2.94. The van der Waals surface area contributed by atoms with Crippen molar-refractivity contribution in [2.24, 2.45) is 0 Å². The number of nitrogens with one attached hydrogen (secondary N) is 1. The molecule has 0 aliphatic heterocycles. The molecule has 0 bridgehead atoms. The third kappa shape index (κ3) is 3.70. The van der Waals surface area contributed by atoms with Crippen LogP contribution < -0.4 is 10.9 Å². The van der Waals surface area contributed by atoms with E-state index >= 15 is 0 Å². The first-order valence-electron chi connectivity index (χ1n) is 8.26. The van der Waals surface area contributed by atoms with E-state index in [1.165, 1.54) is 12.1 Å². The molecular formula is C20H20ClNO3. The highest BCUT2D eigenvalue weighted by Gasteiger charge is 2.12. The summed E-state index contributed by atoms with van der Waals surface area (Å²) in [5, 5.41) is 14.9. The Kier molecular flexibility index (Phi) is 5.11. The number of hydrogen-bond acceptors (Lipinski definition) is 4.